The second kappa shape index (κ2) is 3.97. The molecule has 0 aliphatic carbocycles. The summed E-state index contributed by atoms with van der Waals surface area (Å²) in [5.41, 5.74) is 0. The third-order valence-corrected chi connectivity index (χ3v) is 0.894. The molecular formula is C5H6F6O. The fourth-order valence-corrected chi connectivity index (χ4v) is 0.324. The molecular weight excluding hydrogens is 190 g/mol. The summed E-state index contributed by atoms with van der Waals surface area (Å²) in [5, 5.41) is 0. The first kappa shape index (κ1) is 11.5. The Kier molecular flexibility index (Phi) is 3.82. The zero-order valence-corrected chi connectivity index (χ0v) is 5.80. The monoisotopic (exact) mass is 196 g/mol. The number of hydrogen-bond acceptors (Lipinski definition) is 1. The molecule has 1 nitrogen and oxygen atoms in total. The van der Waals surface area contributed by atoms with Gasteiger partial charge in [0, 0.05) is 0 Å². The summed E-state index contributed by atoms with van der Waals surface area (Å²) >= 11 is 0. The van der Waals surface area contributed by atoms with Gasteiger partial charge in [-0.15, -0.1) is 0 Å². The fourth-order valence-electron chi connectivity index (χ4n) is 0.324. The lowest BCUT2D eigenvalue weighted by molar-refractivity contribution is -0.245. The summed E-state index contributed by atoms with van der Waals surface area (Å²) in [6.45, 7) is -5.89. The normalized spacial score (nSPS) is 13.5. The van der Waals surface area contributed by atoms with Gasteiger partial charge in [-0.2, -0.15) is 13.2 Å². The van der Waals surface area contributed by atoms with Crippen LogP contribution in [-0.2, 0) is 4.74 Å². The Bertz CT molecular complexity index is 128. The van der Waals surface area contributed by atoms with E-state index in [1.54, 1.807) is 0 Å². The smallest absolute Gasteiger partial charge is 0.332 e. The number of hydrogen-bond donors (Lipinski definition) is 0. The second-order valence-corrected chi connectivity index (χ2v) is 2.05. The Morgan fingerprint density at radius 3 is 1.58 bits per heavy atom. The van der Waals surface area contributed by atoms with Crippen LogP contribution in [0.4, 0.5) is 26.3 Å². The van der Waals surface area contributed by atoms with Crippen molar-refractivity contribution in [1.29, 1.82) is 0 Å². The molecule has 12 heavy (non-hydrogen) atoms. The molecule has 7 heteroatoms. The summed E-state index contributed by atoms with van der Waals surface area (Å²) < 4.78 is 72.6. The standard InChI is InChI=1S/C5H6F6O/c6-1-4(8,2-7)12-3-5(9,10)11/h1-3H2. The van der Waals surface area contributed by atoms with Crippen LogP contribution in [0, 0.1) is 0 Å². The summed E-state index contributed by atoms with van der Waals surface area (Å²) in [5.74, 6) is -3.46. The molecule has 0 unspecified atom stereocenters. The largest absolute Gasteiger partial charge is 0.411 e. The molecule has 74 valence electrons. The van der Waals surface area contributed by atoms with Gasteiger partial charge in [0.2, 0.25) is 0 Å². The van der Waals surface area contributed by atoms with Gasteiger partial charge in [-0.3, -0.25) is 0 Å². The molecule has 0 fully saturated rings. The van der Waals surface area contributed by atoms with E-state index in [1.165, 1.54) is 0 Å². The molecule has 0 saturated carbocycles. The minimum atomic E-state index is -4.79. The van der Waals surface area contributed by atoms with Crippen LogP contribution >= 0.6 is 0 Å². The zero-order chi connectivity index (χ0) is 9.83. The molecule has 0 aliphatic heterocycles. The van der Waals surface area contributed by atoms with Gasteiger partial charge >= 0.3 is 6.18 Å². The molecule has 0 rings (SSSR count). The summed E-state index contributed by atoms with van der Waals surface area (Å²) in [6.07, 6.45) is -4.79. The highest BCUT2D eigenvalue weighted by atomic mass is 19.4. The van der Waals surface area contributed by atoms with Crippen molar-refractivity contribution >= 4 is 0 Å². The van der Waals surface area contributed by atoms with Gasteiger partial charge in [0.25, 0.3) is 5.85 Å². The molecule has 0 radical (unpaired) electrons. The number of alkyl halides is 6. The van der Waals surface area contributed by atoms with Crippen molar-refractivity contribution in [3.8, 4) is 0 Å². The highest BCUT2D eigenvalue weighted by molar-refractivity contribution is 4.65. The average molecular weight is 196 g/mol. The molecule has 0 aromatic rings. The minimum absolute atomic E-state index is 1.94. The highest BCUT2D eigenvalue weighted by Crippen LogP contribution is 2.21. The number of halogens is 6. The van der Waals surface area contributed by atoms with Gasteiger partial charge in [0.05, 0.1) is 0 Å². The van der Waals surface area contributed by atoms with E-state index >= 15 is 0 Å². The molecule has 0 aliphatic rings. The molecule has 0 heterocycles. The molecule has 0 N–H and O–H groups in total. The minimum Gasteiger partial charge on any atom is -0.332 e. The van der Waals surface area contributed by atoms with Gasteiger partial charge in [-0.25, -0.2) is 13.2 Å². The quantitative estimate of drug-likeness (QED) is 0.626. The molecule has 0 spiro atoms. The maximum Gasteiger partial charge on any atom is 0.411 e. The van der Waals surface area contributed by atoms with E-state index in [9.17, 15) is 26.3 Å². The van der Waals surface area contributed by atoms with Gasteiger partial charge in [-0.1, -0.05) is 0 Å². The van der Waals surface area contributed by atoms with Gasteiger partial charge in [-0.05, 0) is 0 Å². The van der Waals surface area contributed by atoms with Crippen LogP contribution in [0.1, 0.15) is 0 Å². The van der Waals surface area contributed by atoms with E-state index in [1.807, 2.05) is 0 Å². The van der Waals surface area contributed by atoms with Crippen molar-refractivity contribution in [3.63, 3.8) is 0 Å². The predicted molar refractivity (Wildman–Crippen MR) is 27.8 cm³/mol. The van der Waals surface area contributed by atoms with Crippen molar-refractivity contribution in [1.82, 2.24) is 0 Å². The maximum atomic E-state index is 12.3. The summed E-state index contributed by atoms with van der Waals surface area (Å²) in [7, 11) is 0. The van der Waals surface area contributed by atoms with E-state index in [2.05, 4.69) is 4.74 Å². The predicted octanol–water partition coefficient (Wildman–Crippen LogP) is 2.17. The van der Waals surface area contributed by atoms with E-state index in [-0.39, 0.29) is 0 Å². The lowest BCUT2D eigenvalue weighted by Gasteiger charge is -2.19. The average Bonchev–Trinajstić information content (AvgIpc) is 1.99. The van der Waals surface area contributed by atoms with E-state index in [0.717, 1.165) is 0 Å². The first-order valence-electron chi connectivity index (χ1n) is 2.84. The fraction of sp³-hybridized carbons (Fsp3) is 1.00. The molecule has 0 aromatic heterocycles. The van der Waals surface area contributed by atoms with Crippen molar-refractivity contribution in [2.24, 2.45) is 0 Å². The van der Waals surface area contributed by atoms with Crippen molar-refractivity contribution in [2.75, 3.05) is 20.0 Å². The lowest BCUT2D eigenvalue weighted by atomic mass is 10.4. The Balaban J connectivity index is 3.89. The van der Waals surface area contributed by atoms with Gasteiger partial charge in [0.15, 0.2) is 13.3 Å². The van der Waals surface area contributed by atoms with Gasteiger partial charge < -0.3 is 4.74 Å². The molecule has 0 atom stereocenters. The topological polar surface area (TPSA) is 9.23 Å². The first-order chi connectivity index (χ1) is 5.33. The lowest BCUT2D eigenvalue weighted by Crippen LogP contribution is -2.36. The van der Waals surface area contributed by atoms with E-state index in [0.29, 0.717) is 0 Å². The highest BCUT2D eigenvalue weighted by Gasteiger charge is 2.37. The first-order valence-corrected chi connectivity index (χ1v) is 2.84. The van der Waals surface area contributed by atoms with Crippen LogP contribution in [0.5, 0.6) is 0 Å². The Morgan fingerprint density at radius 2 is 1.33 bits per heavy atom. The third-order valence-electron chi connectivity index (χ3n) is 0.894. The van der Waals surface area contributed by atoms with Crippen molar-refractivity contribution in [2.45, 2.75) is 12.0 Å². The van der Waals surface area contributed by atoms with Crippen molar-refractivity contribution in [3.05, 3.63) is 0 Å². The Morgan fingerprint density at radius 1 is 0.917 bits per heavy atom. The SMILES string of the molecule is FCC(F)(CF)OCC(F)(F)F. The summed E-state index contributed by atoms with van der Waals surface area (Å²) in [6, 6.07) is 0. The number of rotatable bonds is 4. The summed E-state index contributed by atoms with van der Waals surface area (Å²) in [4.78, 5) is 0. The van der Waals surface area contributed by atoms with Crippen LogP contribution in [-0.4, -0.2) is 32.0 Å². The molecule has 0 bridgehead atoms. The van der Waals surface area contributed by atoms with Crippen LogP contribution in [0.3, 0.4) is 0 Å². The maximum absolute atomic E-state index is 12.3. The van der Waals surface area contributed by atoms with E-state index < -0.39 is 32.0 Å². The van der Waals surface area contributed by atoms with Crippen LogP contribution in [0.15, 0.2) is 0 Å². The van der Waals surface area contributed by atoms with Crippen LogP contribution in [0.2, 0.25) is 0 Å². The van der Waals surface area contributed by atoms with Crippen LogP contribution < -0.4 is 0 Å². The van der Waals surface area contributed by atoms with Gasteiger partial charge in [0.1, 0.15) is 6.61 Å². The number of ether oxygens (including phenoxy) is 1. The Labute approximate surface area is 64.3 Å². The Hall–Kier alpha value is -0.460. The second-order valence-electron chi connectivity index (χ2n) is 2.05. The van der Waals surface area contributed by atoms with Crippen molar-refractivity contribution < 1.29 is 31.1 Å². The van der Waals surface area contributed by atoms with Crippen LogP contribution in [0.25, 0.3) is 0 Å². The zero-order valence-electron chi connectivity index (χ0n) is 5.80. The molecule has 0 aromatic carbocycles. The molecule has 0 saturated heterocycles. The van der Waals surface area contributed by atoms with E-state index in [4.69, 9.17) is 0 Å². The molecule has 0 amide bonds. The third kappa shape index (κ3) is 4.42.